The van der Waals surface area contributed by atoms with Crippen LogP contribution in [0.2, 0.25) is 0 Å². The number of hydrogen-bond acceptors (Lipinski definition) is 4. The van der Waals surface area contributed by atoms with Gasteiger partial charge in [0.1, 0.15) is 17.4 Å². The lowest BCUT2D eigenvalue weighted by atomic mass is 10.00. The van der Waals surface area contributed by atoms with Crippen LogP contribution in [0.4, 0.5) is 10.1 Å². The molecule has 0 N–H and O–H groups in total. The van der Waals surface area contributed by atoms with Gasteiger partial charge < -0.3 is 4.90 Å². The molecule has 0 fully saturated rings. The molecule has 0 spiro atoms. The van der Waals surface area contributed by atoms with Crippen molar-refractivity contribution in [3.05, 3.63) is 58.3 Å². The fourth-order valence-electron chi connectivity index (χ4n) is 3.93. The lowest BCUT2D eigenvalue weighted by Crippen LogP contribution is -2.35. The van der Waals surface area contributed by atoms with Crippen molar-refractivity contribution in [1.29, 1.82) is 5.26 Å². The van der Waals surface area contributed by atoms with E-state index in [1.54, 1.807) is 15.5 Å². The van der Waals surface area contributed by atoms with Crippen LogP contribution < -0.4 is 4.90 Å². The van der Waals surface area contributed by atoms with Gasteiger partial charge in [-0.1, -0.05) is 6.07 Å². The third-order valence-electron chi connectivity index (χ3n) is 5.38. The van der Waals surface area contributed by atoms with E-state index in [9.17, 15) is 14.4 Å². The first kappa shape index (κ1) is 18.1. The predicted octanol–water partition coefficient (Wildman–Crippen LogP) is 3.27. The highest BCUT2D eigenvalue weighted by molar-refractivity contribution is 5.94. The largest absolute Gasteiger partial charge is 0.312 e. The summed E-state index contributed by atoms with van der Waals surface area (Å²) >= 11 is 0. The minimum atomic E-state index is -0.327. The molecule has 1 aliphatic rings. The van der Waals surface area contributed by atoms with E-state index in [1.165, 1.54) is 18.3 Å². The van der Waals surface area contributed by atoms with Crippen molar-refractivity contribution in [2.75, 3.05) is 11.4 Å². The van der Waals surface area contributed by atoms with Crippen molar-refractivity contribution in [1.82, 2.24) is 14.6 Å². The smallest absolute Gasteiger partial charge is 0.227 e. The number of amides is 1. The number of fused-ring (bicyclic) bond motifs is 2. The minimum absolute atomic E-state index is 0.0244. The average Bonchev–Trinajstić information content (AvgIpc) is 3.10. The first-order chi connectivity index (χ1) is 13.5. The highest BCUT2D eigenvalue weighted by Gasteiger charge is 2.23. The standard InChI is InChI=1S/C21H20FN5O/c1-13-18(14(2)27-21(25-13)16(11-23)12-24-27)7-8-20(28)26-9-3-4-15-5-6-17(22)10-19(15)26/h5-6,10,12H,3-4,7-9H2,1-2H3. The molecule has 3 heterocycles. The second-order valence-corrected chi connectivity index (χ2v) is 7.09. The number of hydrogen-bond donors (Lipinski definition) is 0. The molecular weight excluding hydrogens is 357 g/mol. The van der Waals surface area contributed by atoms with Crippen molar-refractivity contribution in [3.63, 3.8) is 0 Å². The van der Waals surface area contributed by atoms with E-state index in [0.29, 0.717) is 36.3 Å². The number of aryl methyl sites for hydroxylation is 3. The van der Waals surface area contributed by atoms with Crippen molar-refractivity contribution in [2.24, 2.45) is 0 Å². The molecule has 1 aromatic carbocycles. The highest BCUT2D eigenvalue weighted by atomic mass is 19.1. The molecule has 28 heavy (non-hydrogen) atoms. The summed E-state index contributed by atoms with van der Waals surface area (Å²) in [5.41, 5.74) is 5.28. The number of carbonyl (C=O) groups excluding carboxylic acids is 1. The van der Waals surface area contributed by atoms with E-state index in [-0.39, 0.29) is 11.7 Å². The number of halogens is 1. The Morgan fingerprint density at radius 3 is 2.96 bits per heavy atom. The van der Waals surface area contributed by atoms with Gasteiger partial charge in [0.15, 0.2) is 5.65 Å². The molecule has 1 aliphatic heterocycles. The predicted molar refractivity (Wildman–Crippen MR) is 103 cm³/mol. The van der Waals surface area contributed by atoms with Crippen LogP contribution in [0.1, 0.15) is 40.9 Å². The van der Waals surface area contributed by atoms with Gasteiger partial charge in [-0.05, 0) is 56.4 Å². The van der Waals surface area contributed by atoms with Crippen LogP contribution in [0.3, 0.4) is 0 Å². The van der Waals surface area contributed by atoms with Gasteiger partial charge in [-0.15, -0.1) is 0 Å². The Morgan fingerprint density at radius 1 is 1.36 bits per heavy atom. The summed E-state index contributed by atoms with van der Waals surface area (Å²) in [6, 6.07) is 6.75. The van der Waals surface area contributed by atoms with Gasteiger partial charge in [-0.2, -0.15) is 10.4 Å². The van der Waals surface area contributed by atoms with Crippen molar-refractivity contribution in [2.45, 2.75) is 39.5 Å². The molecule has 0 saturated carbocycles. The van der Waals surface area contributed by atoms with Crippen molar-refractivity contribution >= 4 is 17.2 Å². The molecule has 7 heteroatoms. The Morgan fingerprint density at radius 2 is 2.18 bits per heavy atom. The number of nitriles is 1. The SMILES string of the molecule is Cc1nc2c(C#N)cnn2c(C)c1CCC(=O)N1CCCc2ccc(F)cc21. The van der Waals surface area contributed by atoms with Gasteiger partial charge in [0.25, 0.3) is 0 Å². The van der Waals surface area contributed by atoms with E-state index >= 15 is 0 Å². The highest BCUT2D eigenvalue weighted by Crippen LogP contribution is 2.29. The fourth-order valence-corrected chi connectivity index (χ4v) is 3.93. The zero-order valence-electron chi connectivity index (χ0n) is 15.9. The molecular formula is C21H20FN5O. The number of carbonyl (C=O) groups is 1. The Kier molecular flexibility index (Phi) is 4.55. The summed E-state index contributed by atoms with van der Waals surface area (Å²) < 4.78 is 15.3. The molecule has 0 saturated heterocycles. The Balaban J connectivity index is 1.58. The average molecular weight is 377 g/mol. The summed E-state index contributed by atoms with van der Waals surface area (Å²) in [7, 11) is 0. The normalized spacial score (nSPS) is 13.4. The maximum atomic E-state index is 13.7. The van der Waals surface area contributed by atoms with Crippen LogP contribution in [-0.4, -0.2) is 27.0 Å². The Hall–Kier alpha value is -3.27. The van der Waals surface area contributed by atoms with Crippen molar-refractivity contribution in [3.8, 4) is 6.07 Å². The maximum Gasteiger partial charge on any atom is 0.227 e. The summed E-state index contributed by atoms with van der Waals surface area (Å²) in [6.07, 6.45) is 4.06. The van der Waals surface area contributed by atoms with E-state index in [4.69, 9.17) is 0 Å². The van der Waals surface area contributed by atoms with Crippen LogP contribution in [-0.2, 0) is 17.6 Å². The summed E-state index contributed by atoms with van der Waals surface area (Å²) in [5, 5.41) is 13.4. The van der Waals surface area contributed by atoms with E-state index in [2.05, 4.69) is 16.2 Å². The third kappa shape index (κ3) is 3.01. The lowest BCUT2D eigenvalue weighted by Gasteiger charge is -2.29. The van der Waals surface area contributed by atoms with Gasteiger partial charge in [0.05, 0.1) is 6.20 Å². The summed E-state index contributed by atoms with van der Waals surface area (Å²) in [5.74, 6) is -0.351. The fraction of sp³-hybridized carbons (Fsp3) is 0.333. The van der Waals surface area contributed by atoms with Crippen LogP contribution in [0.15, 0.2) is 24.4 Å². The van der Waals surface area contributed by atoms with Gasteiger partial charge in [0, 0.05) is 30.0 Å². The first-order valence-corrected chi connectivity index (χ1v) is 9.32. The molecule has 2 aromatic heterocycles. The van der Waals surface area contributed by atoms with Crippen LogP contribution in [0.25, 0.3) is 5.65 Å². The van der Waals surface area contributed by atoms with Gasteiger partial charge in [0.2, 0.25) is 5.91 Å². The quantitative estimate of drug-likeness (QED) is 0.702. The molecule has 0 atom stereocenters. The van der Waals surface area contributed by atoms with Crippen LogP contribution in [0, 0.1) is 31.0 Å². The van der Waals surface area contributed by atoms with Crippen molar-refractivity contribution < 1.29 is 9.18 Å². The molecule has 0 radical (unpaired) electrons. The molecule has 0 bridgehead atoms. The Labute approximate surface area is 162 Å². The maximum absolute atomic E-state index is 13.7. The monoisotopic (exact) mass is 377 g/mol. The molecule has 1 amide bonds. The second-order valence-electron chi connectivity index (χ2n) is 7.09. The van der Waals surface area contributed by atoms with Crippen LogP contribution >= 0.6 is 0 Å². The molecule has 3 aromatic rings. The molecule has 0 aliphatic carbocycles. The number of nitrogens with zero attached hydrogens (tertiary/aromatic N) is 5. The number of benzene rings is 1. The zero-order chi connectivity index (χ0) is 19.8. The summed E-state index contributed by atoms with van der Waals surface area (Å²) in [4.78, 5) is 19.1. The molecule has 0 unspecified atom stereocenters. The minimum Gasteiger partial charge on any atom is -0.312 e. The summed E-state index contributed by atoms with van der Waals surface area (Å²) in [6.45, 7) is 4.41. The lowest BCUT2D eigenvalue weighted by molar-refractivity contribution is -0.118. The molecule has 4 rings (SSSR count). The van der Waals surface area contributed by atoms with Gasteiger partial charge in [-0.25, -0.2) is 13.9 Å². The number of aromatic nitrogens is 3. The zero-order valence-corrected chi connectivity index (χ0v) is 15.9. The van der Waals surface area contributed by atoms with Gasteiger partial charge >= 0.3 is 0 Å². The second kappa shape index (κ2) is 7.04. The van der Waals surface area contributed by atoms with E-state index in [0.717, 1.165) is 35.4 Å². The first-order valence-electron chi connectivity index (χ1n) is 9.32. The topological polar surface area (TPSA) is 74.3 Å². The van der Waals surface area contributed by atoms with E-state index < -0.39 is 0 Å². The molecule has 142 valence electrons. The molecule has 6 nitrogen and oxygen atoms in total. The third-order valence-corrected chi connectivity index (χ3v) is 5.38. The number of anilines is 1. The van der Waals surface area contributed by atoms with Crippen LogP contribution in [0.5, 0.6) is 0 Å². The number of rotatable bonds is 3. The van der Waals surface area contributed by atoms with E-state index in [1.807, 2.05) is 13.8 Å². The Bertz CT molecular complexity index is 1130. The van der Waals surface area contributed by atoms with Gasteiger partial charge in [-0.3, -0.25) is 4.79 Å².